The summed E-state index contributed by atoms with van der Waals surface area (Å²) in [5.41, 5.74) is 1.23. The van der Waals surface area contributed by atoms with Gasteiger partial charge in [0, 0.05) is 36.9 Å². The number of nitrogens with zero attached hydrogens (tertiary/aromatic N) is 1. The number of hydrogen-bond acceptors (Lipinski definition) is 3. The SMILES string of the molecule is c1ncc(CCNC2CCCC2C2CCCN2)[nH]1. The average molecular weight is 248 g/mol. The molecule has 18 heavy (non-hydrogen) atoms. The normalized spacial score (nSPS) is 32.1. The van der Waals surface area contributed by atoms with E-state index in [9.17, 15) is 0 Å². The first-order chi connectivity index (χ1) is 8.93. The number of hydrogen-bond donors (Lipinski definition) is 3. The van der Waals surface area contributed by atoms with Crippen molar-refractivity contribution in [3.8, 4) is 0 Å². The lowest BCUT2D eigenvalue weighted by Crippen LogP contribution is -2.42. The van der Waals surface area contributed by atoms with E-state index in [1.54, 1.807) is 6.33 Å². The molecule has 0 spiro atoms. The van der Waals surface area contributed by atoms with Crippen LogP contribution in [-0.4, -0.2) is 35.1 Å². The Labute approximate surface area is 109 Å². The number of aromatic nitrogens is 2. The summed E-state index contributed by atoms with van der Waals surface area (Å²) >= 11 is 0. The Hall–Kier alpha value is -0.870. The van der Waals surface area contributed by atoms with E-state index in [4.69, 9.17) is 0 Å². The lowest BCUT2D eigenvalue weighted by molar-refractivity contribution is 0.322. The molecule has 1 saturated carbocycles. The van der Waals surface area contributed by atoms with Crippen LogP contribution >= 0.6 is 0 Å². The second kappa shape index (κ2) is 5.85. The van der Waals surface area contributed by atoms with Gasteiger partial charge in [-0.25, -0.2) is 4.98 Å². The molecule has 2 fully saturated rings. The van der Waals surface area contributed by atoms with Crippen LogP contribution in [0.1, 0.15) is 37.8 Å². The van der Waals surface area contributed by atoms with Gasteiger partial charge in [0.05, 0.1) is 6.33 Å². The molecule has 1 aromatic heterocycles. The van der Waals surface area contributed by atoms with Crippen molar-refractivity contribution in [1.82, 2.24) is 20.6 Å². The van der Waals surface area contributed by atoms with E-state index in [1.165, 1.54) is 44.3 Å². The van der Waals surface area contributed by atoms with Gasteiger partial charge in [0.1, 0.15) is 0 Å². The molecule has 1 aromatic rings. The third kappa shape index (κ3) is 2.75. The van der Waals surface area contributed by atoms with Crippen molar-refractivity contribution in [1.29, 1.82) is 0 Å². The van der Waals surface area contributed by atoms with Gasteiger partial charge in [0.2, 0.25) is 0 Å². The first-order valence-corrected chi connectivity index (χ1v) is 7.37. The number of rotatable bonds is 5. The minimum Gasteiger partial charge on any atom is -0.348 e. The molecule has 1 aliphatic carbocycles. The highest BCUT2D eigenvalue weighted by Crippen LogP contribution is 2.31. The van der Waals surface area contributed by atoms with Crippen LogP contribution in [-0.2, 0) is 6.42 Å². The first-order valence-electron chi connectivity index (χ1n) is 7.37. The van der Waals surface area contributed by atoms with Gasteiger partial charge in [0.15, 0.2) is 0 Å². The molecular formula is C14H24N4. The molecule has 0 aromatic carbocycles. The Balaban J connectivity index is 1.46. The molecule has 4 heteroatoms. The Kier molecular flexibility index (Phi) is 3.96. The van der Waals surface area contributed by atoms with Crippen LogP contribution in [0.3, 0.4) is 0 Å². The highest BCUT2D eigenvalue weighted by molar-refractivity contribution is 4.97. The quantitative estimate of drug-likeness (QED) is 0.739. The summed E-state index contributed by atoms with van der Waals surface area (Å²) in [6.07, 6.45) is 11.6. The van der Waals surface area contributed by atoms with Crippen LogP contribution in [0.15, 0.2) is 12.5 Å². The molecule has 100 valence electrons. The number of H-pyrrole nitrogens is 1. The molecule has 3 atom stereocenters. The maximum atomic E-state index is 4.06. The molecule has 1 aliphatic heterocycles. The van der Waals surface area contributed by atoms with Crippen LogP contribution in [0.5, 0.6) is 0 Å². The Morgan fingerprint density at radius 3 is 3.06 bits per heavy atom. The molecule has 2 aliphatic rings. The largest absolute Gasteiger partial charge is 0.348 e. The maximum absolute atomic E-state index is 4.06. The standard InChI is InChI=1S/C14H24N4/c1-3-12(14-5-2-7-16-14)13(4-1)17-8-6-11-9-15-10-18-11/h9-10,12-14,16-17H,1-8H2,(H,15,18). The smallest absolute Gasteiger partial charge is 0.0921 e. The molecule has 0 amide bonds. The van der Waals surface area contributed by atoms with Gasteiger partial charge in [-0.15, -0.1) is 0 Å². The summed E-state index contributed by atoms with van der Waals surface area (Å²) < 4.78 is 0. The van der Waals surface area contributed by atoms with E-state index in [2.05, 4.69) is 20.6 Å². The van der Waals surface area contributed by atoms with E-state index in [1.807, 2.05) is 6.20 Å². The van der Waals surface area contributed by atoms with E-state index in [-0.39, 0.29) is 0 Å². The molecule has 0 bridgehead atoms. The van der Waals surface area contributed by atoms with Crippen LogP contribution in [0.2, 0.25) is 0 Å². The topological polar surface area (TPSA) is 52.7 Å². The fraction of sp³-hybridized carbons (Fsp3) is 0.786. The van der Waals surface area contributed by atoms with Gasteiger partial charge in [-0.05, 0) is 38.1 Å². The second-order valence-electron chi connectivity index (χ2n) is 5.69. The third-order valence-corrected chi connectivity index (χ3v) is 4.54. The van der Waals surface area contributed by atoms with Crippen molar-refractivity contribution >= 4 is 0 Å². The summed E-state index contributed by atoms with van der Waals surface area (Å²) in [6, 6.07) is 1.50. The highest BCUT2D eigenvalue weighted by Gasteiger charge is 2.34. The Bertz CT molecular complexity index is 343. The zero-order valence-electron chi connectivity index (χ0n) is 11.0. The number of imidazole rings is 1. The summed E-state index contributed by atoms with van der Waals surface area (Å²) in [7, 11) is 0. The monoisotopic (exact) mass is 248 g/mol. The van der Waals surface area contributed by atoms with E-state index in [0.29, 0.717) is 0 Å². The van der Waals surface area contributed by atoms with Gasteiger partial charge in [-0.3, -0.25) is 0 Å². The predicted molar refractivity (Wildman–Crippen MR) is 72.4 cm³/mol. The van der Waals surface area contributed by atoms with Crippen molar-refractivity contribution in [2.24, 2.45) is 5.92 Å². The maximum Gasteiger partial charge on any atom is 0.0921 e. The molecule has 3 rings (SSSR count). The van der Waals surface area contributed by atoms with E-state index < -0.39 is 0 Å². The van der Waals surface area contributed by atoms with Gasteiger partial charge in [0.25, 0.3) is 0 Å². The van der Waals surface area contributed by atoms with Gasteiger partial charge in [-0.2, -0.15) is 0 Å². The zero-order valence-corrected chi connectivity index (χ0v) is 11.0. The summed E-state index contributed by atoms with van der Waals surface area (Å²) in [5.74, 6) is 0.856. The van der Waals surface area contributed by atoms with Crippen LogP contribution < -0.4 is 10.6 Å². The average Bonchev–Trinajstić information content (AvgIpc) is 3.12. The first kappa shape index (κ1) is 12.2. The predicted octanol–water partition coefficient (Wildman–Crippen LogP) is 1.46. The minimum atomic E-state index is 0.725. The highest BCUT2D eigenvalue weighted by atomic mass is 15.0. The van der Waals surface area contributed by atoms with Gasteiger partial charge < -0.3 is 15.6 Å². The van der Waals surface area contributed by atoms with E-state index in [0.717, 1.165) is 31.0 Å². The number of aromatic amines is 1. The lowest BCUT2D eigenvalue weighted by Gasteiger charge is -2.26. The molecule has 3 N–H and O–H groups in total. The Morgan fingerprint density at radius 2 is 2.28 bits per heavy atom. The summed E-state index contributed by atoms with van der Waals surface area (Å²) in [4.78, 5) is 7.22. The van der Waals surface area contributed by atoms with Crippen molar-refractivity contribution in [2.75, 3.05) is 13.1 Å². The lowest BCUT2D eigenvalue weighted by atomic mass is 9.93. The Morgan fingerprint density at radius 1 is 1.28 bits per heavy atom. The van der Waals surface area contributed by atoms with Gasteiger partial charge in [-0.1, -0.05) is 6.42 Å². The van der Waals surface area contributed by atoms with Crippen molar-refractivity contribution in [2.45, 2.75) is 50.6 Å². The van der Waals surface area contributed by atoms with Crippen molar-refractivity contribution in [3.05, 3.63) is 18.2 Å². The summed E-state index contributed by atoms with van der Waals surface area (Å²) in [6.45, 7) is 2.29. The number of nitrogens with one attached hydrogen (secondary N) is 3. The molecule has 3 unspecified atom stereocenters. The van der Waals surface area contributed by atoms with Gasteiger partial charge >= 0.3 is 0 Å². The molecule has 0 radical (unpaired) electrons. The van der Waals surface area contributed by atoms with Crippen LogP contribution in [0.25, 0.3) is 0 Å². The zero-order chi connectivity index (χ0) is 12.2. The minimum absolute atomic E-state index is 0.725. The fourth-order valence-corrected chi connectivity index (χ4v) is 3.61. The molecular weight excluding hydrogens is 224 g/mol. The van der Waals surface area contributed by atoms with Crippen molar-refractivity contribution < 1.29 is 0 Å². The van der Waals surface area contributed by atoms with Crippen LogP contribution in [0, 0.1) is 5.92 Å². The molecule has 4 nitrogen and oxygen atoms in total. The molecule has 1 saturated heterocycles. The molecule has 2 heterocycles. The summed E-state index contributed by atoms with van der Waals surface area (Å²) in [5, 5.41) is 7.44. The second-order valence-corrected chi connectivity index (χ2v) is 5.69. The van der Waals surface area contributed by atoms with Crippen LogP contribution in [0.4, 0.5) is 0 Å². The fourth-order valence-electron chi connectivity index (χ4n) is 3.61. The van der Waals surface area contributed by atoms with Crippen molar-refractivity contribution in [3.63, 3.8) is 0 Å². The van der Waals surface area contributed by atoms with E-state index >= 15 is 0 Å². The third-order valence-electron chi connectivity index (χ3n) is 4.54.